The molecule has 1 unspecified atom stereocenters. The van der Waals surface area contributed by atoms with Crippen molar-refractivity contribution in [1.82, 2.24) is 5.32 Å². The minimum atomic E-state index is -0.321. The molecule has 0 spiro atoms. The number of rotatable bonds is 9. The molecule has 0 aromatic heterocycles. The number of nitrogens with one attached hydrogen (secondary N) is 1. The van der Waals surface area contributed by atoms with Crippen LogP contribution in [0.1, 0.15) is 32.3 Å². The van der Waals surface area contributed by atoms with Gasteiger partial charge in [0.25, 0.3) is 0 Å². The number of halogens is 1. The van der Waals surface area contributed by atoms with Crippen molar-refractivity contribution >= 4 is 0 Å². The van der Waals surface area contributed by atoms with Gasteiger partial charge in [-0.15, -0.1) is 0 Å². The van der Waals surface area contributed by atoms with Gasteiger partial charge < -0.3 is 10.1 Å². The Morgan fingerprint density at radius 3 is 2.61 bits per heavy atom. The van der Waals surface area contributed by atoms with E-state index < -0.39 is 0 Å². The maximum absolute atomic E-state index is 11.9. The third-order valence-electron chi connectivity index (χ3n) is 2.75. The largest absolute Gasteiger partial charge is 0.494 e. The van der Waals surface area contributed by atoms with E-state index in [1.165, 1.54) is 5.56 Å². The van der Waals surface area contributed by atoms with Crippen molar-refractivity contribution in [2.75, 3.05) is 19.8 Å². The molecule has 2 nitrogen and oxygen atoms in total. The van der Waals surface area contributed by atoms with E-state index in [1.807, 2.05) is 12.1 Å². The summed E-state index contributed by atoms with van der Waals surface area (Å²) in [4.78, 5) is 0. The standard InChI is InChI=1S/C15H24FNO/c1-3-10-17-13(2)12-14-5-7-15(8-6-14)18-11-4-9-16/h5-8,13,17H,3-4,9-12H2,1-2H3. The maximum atomic E-state index is 11.9. The maximum Gasteiger partial charge on any atom is 0.119 e. The van der Waals surface area contributed by atoms with Crippen LogP contribution in [0, 0.1) is 0 Å². The van der Waals surface area contributed by atoms with Gasteiger partial charge in [0, 0.05) is 12.5 Å². The minimum Gasteiger partial charge on any atom is -0.494 e. The predicted molar refractivity (Wildman–Crippen MR) is 74.0 cm³/mol. The van der Waals surface area contributed by atoms with Gasteiger partial charge >= 0.3 is 0 Å². The summed E-state index contributed by atoms with van der Waals surface area (Å²) in [5.74, 6) is 0.821. The summed E-state index contributed by atoms with van der Waals surface area (Å²) in [6, 6.07) is 8.56. The van der Waals surface area contributed by atoms with Crippen LogP contribution in [0.15, 0.2) is 24.3 Å². The van der Waals surface area contributed by atoms with E-state index in [0.717, 1.165) is 25.1 Å². The summed E-state index contributed by atoms with van der Waals surface area (Å²) < 4.78 is 17.3. The smallest absolute Gasteiger partial charge is 0.119 e. The molecule has 0 fully saturated rings. The van der Waals surface area contributed by atoms with Crippen LogP contribution < -0.4 is 10.1 Å². The molecule has 0 saturated carbocycles. The van der Waals surface area contributed by atoms with Crippen LogP contribution in [0.3, 0.4) is 0 Å². The molecule has 1 N–H and O–H groups in total. The summed E-state index contributed by atoms with van der Waals surface area (Å²) in [6.07, 6.45) is 2.64. The Hall–Kier alpha value is -1.09. The zero-order chi connectivity index (χ0) is 13.2. The van der Waals surface area contributed by atoms with Gasteiger partial charge in [-0.05, 0) is 44.0 Å². The highest BCUT2D eigenvalue weighted by Gasteiger charge is 2.02. The lowest BCUT2D eigenvalue weighted by Gasteiger charge is -2.13. The molecule has 1 rings (SSSR count). The highest BCUT2D eigenvalue weighted by atomic mass is 19.1. The fourth-order valence-electron chi connectivity index (χ4n) is 1.78. The van der Waals surface area contributed by atoms with Crippen molar-refractivity contribution in [3.05, 3.63) is 29.8 Å². The highest BCUT2D eigenvalue weighted by molar-refractivity contribution is 5.27. The van der Waals surface area contributed by atoms with Gasteiger partial charge in [-0.3, -0.25) is 4.39 Å². The predicted octanol–water partition coefficient (Wildman–Crippen LogP) is 3.36. The van der Waals surface area contributed by atoms with Crippen LogP contribution in [-0.2, 0) is 6.42 Å². The van der Waals surface area contributed by atoms with Gasteiger partial charge in [-0.2, -0.15) is 0 Å². The highest BCUT2D eigenvalue weighted by Crippen LogP contribution is 2.13. The Morgan fingerprint density at radius 1 is 1.28 bits per heavy atom. The summed E-state index contributed by atoms with van der Waals surface area (Å²) in [7, 11) is 0. The van der Waals surface area contributed by atoms with Crippen molar-refractivity contribution in [3.63, 3.8) is 0 Å². The van der Waals surface area contributed by atoms with Crippen molar-refractivity contribution in [3.8, 4) is 5.75 Å². The molecule has 0 aliphatic carbocycles. The van der Waals surface area contributed by atoms with Crippen LogP contribution in [0.5, 0.6) is 5.75 Å². The number of benzene rings is 1. The normalized spacial score (nSPS) is 12.4. The number of ether oxygens (including phenoxy) is 1. The lowest BCUT2D eigenvalue weighted by Crippen LogP contribution is -2.28. The lowest BCUT2D eigenvalue weighted by molar-refractivity contribution is 0.289. The summed E-state index contributed by atoms with van der Waals surface area (Å²) in [6.45, 7) is 5.55. The van der Waals surface area contributed by atoms with Gasteiger partial charge in [-0.1, -0.05) is 19.1 Å². The molecule has 0 aliphatic heterocycles. The molecule has 102 valence electrons. The topological polar surface area (TPSA) is 21.3 Å². The Morgan fingerprint density at radius 2 is 2.00 bits per heavy atom. The summed E-state index contributed by atoms with van der Waals surface area (Å²) in [5.41, 5.74) is 1.30. The monoisotopic (exact) mass is 253 g/mol. The quantitative estimate of drug-likeness (QED) is 0.681. The molecule has 0 saturated heterocycles. The molecule has 0 amide bonds. The number of hydrogen-bond acceptors (Lipinski definition) is 2. The van der Waals surface area contributed by atoms with E-state index >= 15 is 0 Å². The van der Waals surface area contributed by atoms with Gasteiger partial charge in [0.2, 0.25) is 0 Å². The van der Waals surface area contributed by atoms with Crippen LogP contribution in [0.4, 0.5) is 4.39 Å². The van der Waals surface area contributed by atoms with Gasteiger partial charge in [0.1, 0.15) is 5.75 Å². The van der Waals surface area contributed by atoms with Crippen LogP contribution >= 0.6 is 0 Å². The molecule has 3 heteroatoms. The van der Waals surface area contributed by atoms with Gasteiger partial charge in [0.15, 0.2) is 0 Å². The zero-order valence-electron chi connectivity index (χ0n) is 11.4. The van der Waals surface area contributed by atoms with E-state index in [4.69, 9.17) is 4.74 Å². The van der Waals surface area contributed by atoms with Crippen LogP contribution in [-0.4, -0.2) is 25.9 Å². The molecular weight excluding hydrogens is 229 g/mol. The Labute approximate surface area is 110 Å². The van der Waals surface area contributed by atoms with E-state index in [2.05, 4.69) is 31.3 Å². The molecule has 18 heavy (non-hydrogen) atoms. The second kappa shape index (κ2) is 8.92. The first-order valence-corrected chi connectivity index (χ1v) is 6.77. The third kappa shape index (κ3) is 6.01. The second-order valence-electron chi connectivity index (χ2n) is 4.59. The molecule has 1 aromatic rings. The summed E-state index contributed by atoms with van der Waals surface area (Å²) >= 11 is 0. The second-order valence-corrected chi connectivity index (χ2v) is 4.59. The van der Waals surface area contributed by atoms with E-state index in [0.29, 0.717) is 19.1 Å². The van der Waals surface area contributed by atoms with E-state index in [1.54, 1.807) is 0 Å². The first kappa shape index (κ1) is 15.0. The van der Waals surface area contributed by atoms with E-state index in [9.17, 15) is 4.39 Å². The molecule has 1 atom stereocenters. The Kier molecular flexibility index (Phi) is 7.42. The third-order valence-corrected chi connectivity index (χ3v) is 2.75. The average Bonchev–Trinajstić information content (AvgIpc) is 2.39. The zero-order valence-corrected chi connectivity index (χ0v) is 11.4. The van der Waals surface area contributed by atoms with Crippen molar-refractivity contribution in [2.45, 2.75) is 39.2 Å². The first-order chi connectivity index (χ1) is 8.76. The molecule has 0 bridgehead atoms. The molecule has 0 aliphatic rings. The van der Waals surface area contributed by atoms with Crippen LogP contribution in [0.25, 0.3) is 0 Å². The van der Waals surface area contributed by atoms with E-state index in [-0.39, 0.29) is 6.67 Å². The van der Waals surface area contributed by atoms with Gasteiger partial charge in [-0.25, -0.2) is 0 Å². The summed E-state index contributed by atoms with van der Waals surface area (Å²) in [5, 5.41) is 3.46. The SMILES string of the molecule is CCCNC(C)Cc1ccc(OCCCF)cc1. The molecular formula is C15H24FNO. The fourth-order valence-corrected chi connectivity index (χ4v) is 1.78. The Balaban J connectivity index is 2.35. The van der Waals surface area contributed by atoms with Crippen molar-refractivity contribution in [1.29, 1.82) is 0 Å². The van der Waals surface area contributed by atoms with Crippen LogP contribution in [0.2, 0.25) is 0 Å². The number of alkyl halides is 1. The fraction of sp³-hybridized carbons (Fsp3) is 0.600. The lowest BCUT2D eigenvalue weighted by atomic mass is 10.1. The Bertz CT molecular complexity index is 313. The minimum absolute atomic E-state index is 0.321. The van der Waals surface area contributed by atoms with Gasteiger partial charge in [0.05, 0.1) is 13.3 Å². The molecule has 1 aromatic carbocycles. The van der Waals surface area contributed by atoms with Crippen molar-refractivity contribution in [2.24, 2.45) is 0 Å². The van der Waals surface area contributed by atoms with Crippen molar-refractivity contribution < 1.29 is 9.13 Å². The number of hydrogen-bond donors (Lipinski definition) is 1. The molecule has 0 radical (unpaired) electrons. The average molecular weight is 253 g/mol. The first-order valence-electron chi connectivity index (χ1n) is 6.77. The molecule has 0 heterocycles.